The quantitative estimate of drug-likeness (QED) is 0.228. The van der Waals surface area contributed by atoms with Gasteiger partial charge in [-0.2, -0.15) is 0 Å². The van der Waals surface area contributed by atoms with E-state index in [9.17, 15) is 14.4 Å². The molecule has 0 atom stereocenters. The van der Waals surface area contributed by atoms with Crippen molar-refractivity contribution in [2.24, 2.45) is 0 Å². The van der Waals surface area contributed by atoms with Crippen molar-refractivity contribution in [3.8, 4) is 5.75 Å². The summed E-state index contributed by atoms with van der Waals surface area (Å²) in [7, 11) is 1.57. The van der Waals surface area contributed by atoms with Gasteiger partial charge in [-0.05, 0) is 60.9 Å². The number of nitrogens with zero attached hydrogens (tertiary/aromatic N) is 2. The van der Waals surface area contributed by atoms with Gasteiger partial charge in [0.15, 0.2) is 0 Å². The number of hydrogen-bond donors (Lipinski definition) is 0. The minimum atomic E-state index is -0.257. The van der Waals surface area contributed by atoms with E-state index in [0.717, 1.165) is 22.0 Å². The summed E-state index contributed by atoms with van der Waals surface area (Å²) in [6.45, 7) is 2.74. The second-order valence-electron chi connectivity index (χ2n) is 9.17. The molecule has 0 unspecified atom stereocenters. The number of fused-ring (bicyclic) bond motifs is 2. The SMILES string of the molecule is COc1ccc2ccccc2c1C(=O)N(CCCCN1C(=O)c2ccccc2C1=O)c1ccc(C)cc1. The topological polar surface area (TPSA) is 66.9 Å². The number of unbranched alkanes of at least 4 members (excludes halogenated alkanes) is 1. The molecule has 0 fully saturated rings. The van der Waals surface area contributed by atoms with Crippen molar-refractivity contribution in [3.63, 3.8) is 0 Å². The highest BCUT2D eigenvalue weighted by molar-refractivity contribution is 6.21. The standard InChI is InChI=1S/C31H28N2O4/c1-21-13-16-23(17-14-21)32(31(36)28-24-10-4-3-9-22(24)15-18-27(28)37-2)19-7-8-20-33-29(34)25-11-5-6-12-26(25)30(33)35/h3-6,9-18H,7-8,19-20H2,1-2H3. The molecule has 3 amide bonds. The molecule has 0 N–H and O–H groups in total. The van der Waals surface area contributed by atoms with Crippen LogP contribution in [0.3, 0.4) is 0 Å². The van der Waals surface area contributed by atoms with E-state index in [2.05, 4.69) is 0 Å². The predicted octanol–water partition coefficient (Wildman–Crippen LogP) is 5.88. The molecule has 0 radical (unpaired) electrons. The minimum absolute atomic E-state index is 0.154. The maximum absolute atomic E-state index is 14.1. The van der Waals surface area contributed by atoms with Gasteiger partial charge in [0.1, 0.15) is 5.75 Å². The van der Waals surface area contributed by atoms with Crippen molar-refractivity contribution < 1.29 is 19.1 Å². The molecule has 5 rings (SSSR count). The molecule has 0 aliphatic carbocycles. The van der Waals surface area contributed by atoms with Gasteiger partial charge in [-0.25, -0.2) is 0 Å². The van der Waals surface area contributed by atoms with E-state index in [1.807, 2.05) is 67.6 Å². The molecule has 4 aromatic carbocycles. The summed E-state index contributed by atoms with van der Waals surface area (Å²) in [6, 6.07) is 26.3. The van der Waals surface area contributed by atoms with Crippen molar-refractivity contribution in [2.75, 3.05) is 25.1 Å². The number of carbonyl (C=O) groups is 3. The second kappa shape index (κ2) is 10.3. The predicted molar refractivity (Wildman–Crippen MR) is 144 cm³/mol. The van der Waals surface area contributed by atoms with Gasteiger partial charge in [-0.3, -0.25) is 19.3 Å². The Morgan fingerprint density at radius 1 is 0.811 bits per heavy atom. The number of amides is 3. The van der Waals surface area contributed by atoms with Gasteiger partial charge in [0.05, 0.1) is 23.8 Å². The maximum atomic E-state index is 14.1. The molecular weight excluding hydrogens is 464 g/mol. The molecule has 0 saturated carbocycles. The summed E-state index contributed by atoms with van der Waals surface area (Å²) < 4.78 is 5.60. The third-order valence-corrected chi connectivity index (χ3v) is 6.81. The first-order valence-corrected chi connectivity index (χ1v) is 12.4. The lowest BCUT2D eigenvalue weighted by Crippen LogP contribution is -2.34. The van der Waals surface area contributed by atoms with Crippen molar-refractivity contribution in [2.45, 2.75) is 19.8 Å². The van der Waals surface area contributed by atoms with Crippen molar-refractivity contribution in [3.05, 3.63) is 107 Å². The molecular formula is C31H28N2O4. The molecule has 0 aromatic heterocycles. The minimum Gasteiger partial charge on any atom is -0.496 e. The summed E-state index contributed by atoms with van der Waals surface area (Å²) in [5.74, 6) is -0.148. The lowest BCUT2D eigenvalue weighted by atomic mass is 10.0. The zero-order valence-electron chi connectivity index (χ0n) is 20.9. The average molecular weight is 493 g/mol. The summed E-state index contributed by atoms with van der Waals surface area (Å²) in [4.78, 5) is 42.5. The Hall–Kier alpha value is -4.45. The fourth-order valence-corrected chi connectivity index (χ4v) is 4.83. The number of aryl methyl sites for hydroxylation is 1. The van der Waals surface area contributed by atoms with E-state index in [4.69, 9.17) is 4.74 Å². The molecule has 0 saturated heterocycles. The number of imide groups is 1. The van der Waals surface area contributed by atoms with Crippen molar-refractivity contribution in [1.82, 2.24) is 4.90 Å². The summed E-state index contributed by atoms with van der Waals surface area (Å²) in [6.07, 6.45) is 1.19. The zero-order chi connectivity index (χ0) is 25.9. The van der Waals surface area contributed by atoms with Crippen LogP contribution in [0.4, 0.5) is 5.69 Å². The summed E-state index contributed by atoms with van der Waals surface area (Å²) in [5.41, 5.74) is 3.30. The molecule has 0 bridgehead atoms. The van der Waals surface area contributed by atoms with Crippen LogP contribution in [0.1, 0.15) is 49.5 Å². The molecule has 1 heterocycles. The first-order valence-electron chi connectivity index (χ1n) is 12.4. The lowest BCUT2D eigenvalue weighted by Gasteiger charge is -2.25. The van der Waals surface area contributed by atoms with Gasteiger partial charge in [0, 0.05) is 18.8 Å². The van der Waals surface area contributed by atoms with Gasteiger partial charge >= 0.3 is 0 Å². The van der Waals surface area contributed by atoms with Gasteiger partial charge in [0.25, 0.3) is 17.7 Å². The van der Waals surface area contributed by atoms with E-state index in [0.29, 0.717) is 48.4 Å². The van der Waals surface area contributed by atoms with Gasteiger partial charge in [0.2, 0.25) is 0 Å². The number of methoxy groups -OCH3 is 1. The van der Waals surface area contributed by atoms with Crippen LogP contribution in [0, 0.1) is 6.92 Å². The molecule has 0 spiro atoms. The second-order valence-corrected chi connectivity index (χ2v) is 9.17. The Labute approximate surface area is 216 Å². The van der Waals surface area contributed by atoms with Crippen LogP contribution < -0.4 is 9.64 Å². The monoisotopic (exact) mass is 492 g/mol. The van der Waals surface area contributed by atoms with Crippen LogP contribution in [0.25, 0.3) is 10.8 Å². The highest BCUT2D eigenvalue weighted by atomic mass is 16.5. The number of carbonyl (C=O) groups excluding carboxylic acids is 3. The molecule has 37 heavy (non-hydrogen) atoms. The van der Waals surface area contributed by atoms with Crippen LogP contribution in [0.15, 0.2) is 84.9 Å². The van der Waals surface area contributed by atoms with Crippen LogP contribution in [-0.2, 0) is 0 Å². The number of rotatable bonds is 8. The Morgan fingerprint density at radius 3 is 2.14 bits per heavy atom. The number of hydrogen-bond acceptors (Lipinski definition) is 4. The first kappa shape index (κ1) is 24.3. The molecule has 1 aliphatic heterocycles. The lowest BCUT2D eigenvalue weighted by molar-refractivity contribution is 0.0651. The van der Waals surface area contributed by atoms with Gasteiger partial charge in [-0.15, -0.1) is 0 Å². The Kier molecular flexibility index (Phi) is 6.73. The Morgan fingerprint density at radius 2 is 1.46 bits per heavy atom. The third kappa shape index (κ3) is 4.58. The fourth-order valence-electron chi connectivity index (χ4n) is 4.83. The van der Waals surface area contributed by atoms with Crippen molar-refractivity contribution in [1.29, 1.82) is 0 Å². The largest absolute Gasteiger partial charge is 0.496 e. The van der Waals surface area contributed by atoms with E-state index >= 15 is 0 Å². The van der Waals surface area contributed by atoms with Gasteiger partial charge < -0.3 is 9.64 Å². The highest BCUT2D eigenvalue weighted by Crippen LogP contribution is 2.31. The van der Waals surface area contributed by atoms with Crippen LogP contribution in [0.2, 0.25) is 0 Å². The Bertz CT molecular complexity index is 1460. The van der Waals surface area contributed by atoms with Crippen LogP contribution in [0.5, 0.6) is 5.75 Å². The van der Waals surface area contributed by atoms with Crippen molar-refractivity contribution >= 4 is 34.2 Å². The van der Waals surface area contributed by atoms with Crippen LogP contribution in [-0.4, -0.2) is 42.8 Å². The molecule has 6 nitrogen and oxygen atoms in total. The normalized spacial score (nSPS) is 12.6. The van der Waals surface area contributed by atoms with Crippen LogP contribution >= 0.6 is 0 Å². The van der Waals surface area contributed by atoms with E-state index in [-0.39, 0.29) is 17.7 Å². The molecule has 186 valence electrons. The maximum Gasteiger partial charge on any atom is 0.262 e. The van der Waals surface area contributed by atoms with Gasteiger partial charge in [-0.1, -0.05) is 60.2 Å². The number of anilines is 1. The smallest absolute Gasteiger partial charge is 0.262 e. The van der Waals surface area contributed by atoms with E-state index in [1.54, 1.807) is 36.3 Å². The number of ether oxygens (including phenoxy) is 1. The van der Waals surface area contributed by atoms with E-state index in [1.165, 1.54) is 4.90 Å². The summed E-state index contributed by atoms with van der Waals surface area (Å²) in [5, 5.41) is 1.79. The zero-order valence-corrected chi connectivity index (χ0v) is 20.9. The van der Waals surface area contributed by atoms with E-state index < -0.39 is 0 Å². The molecule has 4 aromatic rings. The third-order valence-electron chi connectivity index (χ3n) is 6.81. The highest BCUT2D eigenvalue weighted by Gasteiger charge is 2.34. The molecule has 1 aliphatic rings. The molecule has 6 heteroatoms. The Balaban J connectivity index is 1.38. The average Bonchev–Trinajstić information content (AvgIpc) is 3.17. The number of benzene rings is 4. The summed E-state index contributed by atoms with van der Waals surface area (Å²) >= 11 is 0. The first-order chi connectivity index (χ1) is 18.0. The fraction of sp³-hybridized carbons (Fsp3) is 0.194.